The van der Waals surface area contributed by atoms with E-state index in [1.165, 1.54) is 11.3 Å². The van der Waals surface area contributed by atoms with Crippen LogP contribution in [0.25, 0.3) is 20.4 Å². The molecule has 3 rings (SSSR count). The van der Waals surface area contributed by atoms with Crippen LogP contribution >= 0.6 is 11.3 Å². The predicted molar refractivity (Wildman–Crippen MR) is 69.7 cm³/mol. The maximum Gasteiger partial charge on any atom is 0.289 e. The van der Waals surface area contributed by atoms with Crippen LogP contribution in [0.2, 0.25) is 0 Å². The number of hydrazine groups is 1. The van der Waals surface area contributed by atoms with Crippen LogP contribution in [0.3, 0.4) is 0 Å². The van der Waals surface area contributed by atoms with Crippen molar-refractivity contribution in [2.24, 2.45) is 5.84 Å². The van der Waals surface area contributed by atoms with E-state index in [9.17, 15) is 4.79 Å². The number of hydrogen-bond acceptors (Lipinski definition) is 8. The van der Waals surface area contributed by atoms with Gasteiger partial charge in [-0.2, -0.15) is 0 Å². The number of anilines is 1. The van der Waals surface area contributed by atoms with Gasteiger partial charge in [0.25, 0.3) is 5.56 Å². The van der Waals surface area contributed by atoms with E-state index < -0.39 is 0 Å². The lowest BCUT2D eigenvalue weighted by Gasteiger charge is -2.01. The number of aryl methyl sites for hydroxylation is 1. The third-order valence-electron chi connectivity index (χ3n) is 2.59. The average Bonchev–Trinajstić information content (AvgIpc) is 2.74. The molecule has 0 bridgehead atoms. The fraction of sp³-hybridized carbons (Fsp3) is 0.111. The van der Waals surface area contributed by atoms with Gasteiger partial charge in [-0.25, -0.2) is 25.5 Å². The molecule has 0 amide bonds. The Labute approximate surface area is 104 Å². The first kappa shape index (κ1) is 10.9. The second-order valence-corrected chi connectivity index (χ2v) is 4.67. The summed E-state index contributed by atoms with van der Waals surface area (Å²) < 4.78 is 1.48. The standard InChI is InChI=1S/C9H9N7OS/c1-3-13-5-4-2-12-9(15-10)14-7(4)18-6(5)8(17)16(3)11/h2H,10-11H2,1H3,(H,12,14,15). The van der Waals surface area contributed by atoms with Crippen LogP contribution in [0.15, 0.2) is 11.0 Å². The molecule has 92 valence electrons. The SMILES string of the molecule is Cc1nc2c(sc3nc(NN)ncc32)c(=O)n1N. The van der Waals surface area contributed by atoms with E-state index in [1.54, 1.807) is 13.1 Å². The van der Waals surface area contributed by atoms with Crippen molar-refractivity contribution in [3.8, 4) is 0 Å². The van der Waals surface area contributed by atoms with Crippen molar-refractivity contribution in [3.63, 3.8) is 0 Å². The maximum atomic E-state index is 12.0. The molecule has 18 heavy (non-hydrogen) atoms. The number of nitrogen functional groups attached to an aromatic ring is 2. The number of nitrogens with two attached hydrogens (primary N) is 2. The molecule has 0 atom stereocenters. The molecule has 0 saturated heterocycles. The average molecular weight is 263 g/mol. The molecule has 0 spiro atoms. The van der Waals surface area contributed by atoms with Crippen molar-refractivity contribution in [1.82, 2.24) is 19.6 Å². The Morgan fingerprint density at radius 3 is 2.94 bits per heavy atom. The normalized spacial score (nSPS) is 11.2. The summed E-state index contributed by atoms with van der Waals surface area (Å²) in [4.78, 5) is 25.1. The van der Waals surface area contributed by atoms with Crippen molar-refractivity contribution in [2.75, 3.05) is 11.3 Å². The van der Waals surface area contributed by atoms with Crippen LogP contribution in [-0.2, 0) is 0 Å². The number of nitrogens with zero attached hydrogens (tertiary/aromatic N) is 4. The first-order valence-corrected chi connectivity index (χ1v) is 5.84. The van der Waals surface area contributed by atoms with E-state index in [2.05, 4.69) is 20.4 Å². The minimum Gasteiger partial charge on any atom is -0.335 e. The molecule has 0 unspecified atom stereocenters. The Bertz CT molecular complexity index is 821. The minimum absolute atomic E-state index is 0.289. The summed E-state index contributed by atoms with van der Waals surface area (Å²) in [7, 11) is 0. The molecule has 8 nitrogen and oxygen atoms in total. The lowest BCUT2D eigenvalue weighted by molar-refractivity contribution is 0.855. The summed E-state index contributed by atoms with van der Waals surface area (Å²) >= 11 is 1.22. The molecule has 9 heteroatoms. The van der Waals surface area contributed by atoms with E-state index in [-0.39, 0.29) is 5.56 Å². The van der Waals surface area contributed by atoms with Crippen LogP contribution < -0.4 is 22.7 Å². The molecule has 0 saturated carbocycles. The van der Waals surface area contributed by atoms with Gasteiger partial charge in [0.15, 0.2) is 0 Å². The number of nitrogens with one attached hydrogen (secondary N) is 1. The van der Waals surface area contributed by atoms with Gasteiger partial charge in [-0.1, -0.05) is 0 Å². The van der Waals surface area contributed by atoms with E-state index in [0.29, 0.717) is 26.8 Å². The van der Waals surface area contributed by atoms with Crippen LogP contribution in [0.4, 0.5) is 5.95 Å². The third-order valence-corrected chi connectivity index (χ3v) is 3.66. The summed E-state index contributed by atoms with van der Waals surface area (Å²) in [5.74, 6) is 11.6. The van der Waals surface area contributed by atoms with Gasteiger partial charge in [-0.3, -0.25) is 10.2 Å². The molecular weight excluding hydrogens is 254 g/mol. The first-order valence-electron chi connectivity index (χ1n) is 5.02. The molecule has 3 heterocycles. The summed E-state index contributed by atoms with van der Waals surface area (Å²) in [5, 5.41) is 0.717. The van der Waals surface area contributed by atoms with Gasteiger partial charge in [0.05, 0.1) is 10.9 Å². The Morgan fingerprint density at radius 2 is 2.22 bits per heavy atom. The summed E-state index contributed by atoms with van der Waals surface area (Å²) in [6.45, 7) is 1.67. The van der Waals surface area contributed by atoms with Crippen molar-refractivity contribution in [1.29, 1.82) is 0 Å². The molecule has 0 aliphatic rings. The van der Waals surface area contributed by atoms with Gasteiger partial charge >= 0.3 is 0 Å². The smallest absolute Gasteiger partial charge is 0.289 e. The van der Waals surface area contributed by atoms with Gasteiger partial charge < -0.3 is 5.84 Å². The van der Waals surface area contributed by atoms with E-state index >= 15 is 0 Å². The number of aromatic nitrogens is 4. The summed E-state index contributed by atoms with van der Waals surface area (Å²) in [6.07, 6.45) is 1.59. The van der Waals surface area contributed by atoms with E-state index in [0.717, 1.165) is 10.1 Å². The van der Waals surface area contributed by atoms with Crippen LogP contribution in [-0.4, -0.2) is 19.6 Å². The lowest BCUT2D eigenvalue weighted by Crippen LogP contribution is -2.29. The Kier molecular flexibility index (Phi) is 2.18. The molecule has 0 aliphatic heterocycles. The van der Waals surface area contributed by atoms with E-state index in [1.807, 2.05) is 0 Å². The molecular formula is C9H9N7OS. The quantitative estimate of drug-likeness (QED) is 0.407. The Hall–Kier alpha value is -2.26. The monoisotopic (exact) mass is 263 g/mol. The van der Waals surface area contributed by atoms with Gasteiger partial charge in [-0.05, 0) is 6.92 Å². The van der Waals surface area contributed by atoms with Gasteiger partial charge in [-0.15, -0.1) is 11.3 Å². The minimum atomic E-state index is -0.289. The third kappa shape index (κ3) is 1.34. The first-order chi connectivity index (χ1) is 8.61. The molecule has 5 N–H and O–H groups in total. The Balaban J connectivity index is 2.51. The highest BCUT2D eigenvalue weighted by atomic mass is 32.1. The van der Waals surface area contributed by atoms with Crippen molar-refractivity contribution in [2.45, 2.75) is 6.92 Å². The topological polar surface area (TPSA) is 125 Å². The predicted octanol–water partition coefficient (Wildman–Crippen LogP) is -0.291. The zero-order chi connectivity index (χ0) is 12.9. The molecule has 0 aromatic carbocycles. The number of rotatable bonds is 1. The fourth-order valence-corrected chi connectivity index (χ4v) is 2.69. The van der Waals surface area contributed by atoms with Gasteiger partial charge in [0.1, 0.15) is 15.4 Å². The highest BCUT2D eigenvalue weighted by Crippen LogP contribution is 2.28. The number of hydrogen-bond donors (Lipinski definition) is 3. The number of thiophene rings is 1. The van der Waals surface area contributed by atoms with Gasteiger partial charge in [0.2, 0.25) is 5.95 Å². The Morgan fingerprint density at radius 1 is 1.44 bits per heavy atom. The van der Waals surface area contributed by atoms with Gasteiger partial charge in [0, 0.05) is 6.20 Å². The molecule has 0 aliphatic carbocycles. The zero-order valence-electron chi connectivity index (χ0n) is 9.34. The molecule has 0 radical (unpaired) electrons. The van der Waals surface area contributed by atoms with Crippen molar-refractivity contribution in [3.05, 3.63) is 22.4 Å². The molecule has 3 aromatic rings. The van der Waals surface area contributed by atoms with Crippen LogP contribution in [0.1, 0.15) is 5.82 Å². The molecule has 0 fully saturated rings. The number of fused-ring (bicyclic) bond motifs is 3. The van der Waals surface area contributed by atoms with Crippen molar-refractivity contribution >= 4 is 37.7 Å². The molecule has 3 aromatic heterocycles. The van der Waals surface area contributed by atoms with Crippen LogP contribution in [0.5, 0.6) is 0 Å². The largest absolute Gasteiger partial charge is 0.335 e. The second-order valence-electron chi connectivity index (χ2n) is 3.67. The summed E-state index contributed by atoms with van der Waals surface area (Å²) in [6, 6.07) is 0. The lowest BCUT2D eigenvalue weighted by atomic mass is 10.3. The van der Waals surface area contributed by atoms with Crippen LogP contribution in [0, 0.1) is 6.92 Å². The fourth-order valence-electron chi connectivity index (χ4n) is 1.67. The van der Waals surface area contributed by atoms with Crippen molar-refractivity contribution < 1.29 is 0 Å². The highest BCUT2D eigenvalue weighted by molar-refractivity contribution is 7.25. The van der Waals surface area contributed by atoms with E-state index in [4.69, 9.17) is 11.7 Å². The summed E-state index contributed by atoms with van der Waals surface area (Å²) in [5.41, 5.74) is 2.64. The maximum absolute atomic E-state index is 12.0. The highest BCUT2D eigenvalue weighted by Gasteiger charge is 2.14. The zero-order valence-corrected chi connectivity index (χ0v) is 10.2. The second kappa shape index (κ2) is 3.62.